The first-order valence-electron chi connectivity index (χ1n) is 7.71. The van der Waals surface area contributed by atoms with E-state index in [1.807, 2.05) is 4.90 Å². The van der Waals surface area contributed by atoms with E-state index in [-0.39, 0.29) is 0 Å². The van der Waals surface area contributed by atoms with Crippen molar-refractivity contribution in [1.82, 2.24) is 20.0 Å². The fraction of sp³-hybridized carbons (Fsp3) is 0.533. The lowest BCUT2D eigenvalue weighted by atomic mass is 10.2. The summed E-state index contributed by atoms with van der Waals surface area (Å²) in [5, 5.41) is 3.77. The molecule has 3 heterocycles. The molecule has 0 N–H and O–H groups in total. The molecule has 0 saturated carbocycles. The Labute approximate surface area is 137 Å². The van der Waals surface area contributed by atoms with Crippen LogP contribution in [0.25, 0.3) is 0 Å². The predicted molar refractivity (Wildman–Crippen MR) is 80.4 cm³/mol. The van der Waals surface area contributed by atoms with E-state index in [1.54, 1.807) is 6.92 Å². The van der Waals surface area contributed by atoms with E-state index < -0.39 is 11.7 Å². The minimum Gasteiger partial charge on any atom is -0.355 e. The lowest BCUT2D eigenvalue weighted by Crippen LogP contribution is -2.31. The van der Waals surface area contributed by atoms with Crippen molar-refractivity contribution >= 4 is 5.82 Å². The van der Waals surface area contributed by atoms with Gasteiger partial charge in [-0.15, -0.1) is 0 Å². The zero-order valence-corrected chi connectivity index (χ0v) is 13.3. The van der Waals surface area contributed by atoms with Crippen LogP contribution in [-0.4, -0.2) is 46.2 Å². The average Bonchev–Trinajstić information content (AvgIpc) is 2.80. The molecule has 24 heavy (non-hydrogen) atoms. The monoisotopic (exact) mass is 341 g/mol. The standard InChI is InChI=1S/C15H18F3N5O/c1-11-20-14(24-21-11)10-22-5-2-6-23(8-7-22)13-4-3-12(9-19-13)15(16,17)18/h3-4,9H,2,5-8,10H2,1H3. The number of hydrogen-bond acceptors (Lipinski definition) is 6. The summed E-state index contributed by atoms with van der Waals surface area (Å²) in [6.45, 7) is 5.40. The van der Waals surface area contributed by atoms with Gasteiger partial charge in [-0.1, -0.05) is 5.16 Å². The summed E-state index contributed by atoms with van der Waals surface area (Å²) in [5.74, 6) is 1.75. The van der Waals surface area contributed by atoms with Crippen molar-refractivity contribution in [3.8, 4) is 0 Å². The lowest BCUT2D eigenvalue weighted by Gasteiger charge is -2.22. The first-order chi connectivity index (χ1) is 11.4. The van der Waals surface area contributed by atoms with E-state index in [1.165, 1.54) is 6.07 Å². The fourth-order valence-corrected chi connectivity index (χ4v) is 2.69. The van der Waals surface area contributed by atoms with Gasteiger partial charge in [0.25, 0.3) is 0 Å². The van der Waals surface area contributed by atoms with Gasteiger partial charge in [-0.25, -0.2) is 4.98 Å². The van der Waals surface area contributed by atoms with Gasteiger partial charge < -0.3 is 9.42 Å². The Kier molecular flexibility index (Phi) is 4.70. The third-order valence-corrected chi connectivity index (χ3v) is 3.92. The first-order valence-corrected chi connectivity index (χ1v) is 7.71. The molecule has 0 amide bonds. The van der Waals surface area contributed by atoms with E-state index in [9.17, 15) is 13.2 Å². The molecule has 130 valence electrons. The molecule has 1 fully saturated rings. The number of aromatic nitrogens is 3. The quantitative estimate of drug-likeness (QED) is 0.855. The van der Waals surface area contributed by atoms with Crippen LogP contribution < -0.4 is 4.90 Å². The maximum absolute atomic E-state index is 12.6. The molecule has 0 radical (unpaired) electrons. The van der Waals surface area contributed by atoms with Crippen molar-refractivity contribution < 1.29 is 17.7 Å². The third kappa shape index (κ3) is 4.02. The summed E-state index contributed by atoms with van der Waals surface area (Å²) in [7, 11) is 0. The van der Waals surface area contributed by atoms with E-state index in [0.717, 1.165) is 38.3 Å². The van der Waals surface area contributed by atoms with Gasteiger partial charge in [0.05, 0.1) is 12.1 Å². The Balaban J connectivity index is 1.60. The summed E-state index contributed by atoms with van der Waals surface area (Å²) in [6.07, 6.45) is -2.58. The van der Waals surface area contributed by atoms with Crippen molar-refractivity contribution in [3.63, 3.8) is 0 Å². The summed E-state index contributed by atoms with van der Waals surface area (Å²) >= 11 is 0. The summed E-state index contributed by atoms with van der Waals surface area (Å²) in [4.78, 5) is 12.4. The average molecular weight is 341 g/mol. The van der Waals surface area contributed by atoms with Crippen LogP contribution in [0, 0.1) is 6.92 Å². The molecule has 0 aliphatic carbocycles. The lowest BCUT2D eigenvalue weighted by molar-refractivity contribution is -0.137. The second kappa shape index (κ2) is 6.76. The topological polar surface area (TPSA) is 58.3 Å². The third-order valence-electron chi connectivity index (χ3n) is 3.92. The SMILES string of the molecule is Cc1noc(CN2CCCN(c3ccc(C(F)(F)F)cn3)CC2)n1. The van der Waals surface area contributed by atoms with Gasteiger partial charge in [-0.05, 0) is 25.5 Å². The highest BCUT2D eigenvalue weighted by Crippen LogP contribution is 2.29. The maximum Gasteiger partial charge on any atom is 0.417 e. The molecule has 2 aromatic rings. The number of aryl methyl sites for hydroxylation is 1. The Hall–Kier alpha value is -2.16. The van der Waals surface area contributed by atoms with Crippen molar-refractivity contribution in [2.75, 3.05) is 31.1 Å². The van der Waals surface area contributed by atoms with Gasteiger partial charge in [0, 0.05) is 32.4 Å². The Morgan fingerprint density at radius 1 is 1.17 bits per heavy atom. The van der Waals surface area contributed by atoms with E-state index >= 15 is 0 Å². The summed E-state index contributed by atoms with van der Waals surface area (Å²) < 4.78 is 42.9. The smallest absolute Gasteiger partial charge is 0.355 e. The minimum absolute atomic E-state index is 0.568. The van der Waals surface area contributed by atoms with Gasteiger partial charge in [-0.2, -0.15) is 18.2 Å². The molecule has 9 heteroatoms. The van der Waals surface area contributed by atoms with Crippen LogP contribution in [0.4, 0.5) is 19.0 Å². The first kappa shape index (κ1) is 16.7. The molecular formula is C15H18F3N5O. The molecule has 2 aromatic heterocycles. The number of pyridine rings is 1. The van der Waals surface area contributed by atoms with Crippen LogP contribution in [0.5, 0.6) is 0 Å². The molecule has 1 saturated heterocycles. The summed E-state index contributed by atoms with van der Waals surface area (Å²) in [5.41, 5.74) is -0.727. The number of halogens is 3. The molecule has 6 nitrogen and oxygen atoms in total. The van der Waals surface area contributed by atoms with Crippen LogP contribution in [0.1, 0.15) is 23.7 Å². The van der Waals surface area contributed by atoms with Crippen LogP contribution in [0.2, 0.25) is 0 Å². The van der Waals surface area contributed by atoms with Gasteiger partial charge in [0.2, 0.25) is 5.89 Å². The molecule has 0 unspecified atom stereocenters. The minimum atomic E-state index is -4.36. The predicted octanol–water partition coefficient (Wildman–Crippen LogP) is 2.50. The number of nitrogens with zero attached hydrogens (tertiary/aromatic N) is 5. The second-order valence-electron chi connectivity index (χ2n) is 5.75. The number of alkyl halides is 3. The van der Waals surface area contributed by atoms with Gasteiger partial charge >= 0.3 is 6.18 Å². The zero-order chi connectivity index (χ0) is 17.2. The Bertz CT molecular complexity index is 670. The second-order valence-corrected chi connectivity index (χ2v) is 5.75. The fourth-order valence-electron chi connectivity index (χ4n) is 2.69. The number of anilines is 1. The molecule has 1 aliphatic rings. The van der Waals surface area contributed by atoms with Crippen LogP contribution >= 0.6 is 0 Å². The molecule has 0 bridgehead atoms. The Morgan fingerprint density at radius 3 is 2.62 bits per heavy atom. The van der Waals surface area contributed by atoms with E-state index in [0.29, 0.717) is 30.6 Å². The molecule has 1 aliphatic heterocycles. The van der Waals surface area contributed by atoms with E-state index in [2.05, 4.69) is 20.0 Å². The van der Waals surface area contributed by atoms with Gasteiger partial charge in [0.15, 0.2) is 5.82 Å². The molecule has 0 aromatic carbocycles. The number of rotatable bonds is 3. The maximum atomic E-state index is 12.6. The molecule has 0 spiro atoms. The van der Waals surface area contributed by atoms with Crippen molar-refractivity contribution in [3.05, 3.63) is 35.6 Å². The number of hydrogen-bond donors (Lipinski definition) is 0. The summed E-state index contributed by atoms with van der Waals surface area (Å²) in [6, 6.07) is 2.51. The molecular weight excluding hydrogens is 323 g/mol. The van der Waals surface area contributed by atoms with E-state index in [4.69, 9.17) is 4.52 Å². The Morgan fingerprint density at radius 2 is 2.00 bits per heavy atom. The van der Waals surface area contributed by atoms with Crippen LogP contribution in [-0.2, 0) is 12.7 Å². The van der Waals surface area contributed by atoms with Crippen LogP contribution in [0.3, 0.4) is 0 Å². The van der Waals surface area contributed by atoms with Crippen LogP contribution in [0.15, 0.2) is 22.9 Å². The molecule has 0 atom stereocenters. The molecule has 3 rings (SSSR count). The van der Waals surface area contributed by atoms with Crippen molar-refractivity contribution in [2.24, 2.45) is 0 Å². The van der Waals surface area contributed by atoms with Gasteiger partial charge in [-0.3, -0.25) is 4.90 Å². The highest BCUT2D eigenvalue weighted by Gasteiger charge is 2.31. The van der Waals surface area contributed by atoms with Crippen molar-refractivity contribution in [2.45, 2.75) is 26.1 Å². The van der Waals surface area contributed by atoms with Crippen molar-refractivity contribution in [1.29, 1.82) is 0 Å². The highest BCUT2D eigenvalue weighted by molar-refractivity contribution is 5.40. The zero-order valence-electron chi connectivity index (χ0n) is 13.3. The van der Waals surface area contributed by atoms with Gasteiger partial charge in [0.1, 0.15) is 5.82 Å². The largest absolute Gasteiger partial charge is 0.417 e. The normalized spacial score (nSPS) is 17.1. The highest BCUT2D eigenvalue weighted by atomic mass is 19.4.